The van der Waals surface area contributed by atoms with E-state index in [4.69, 9.17) is 0 Å². The van der Waals surface area contributed by atoms with Gasteiger partial charge in [-0.1, -0.05) is 49.4 Å². The third-order valence-corrected chi connectivity index (χ3v) is 3.82. The van der Waals surface area contributed by atoms with E-state index in [0.29, 0.717) is 23.4 Å². The van der Waals surface area contributed by atoms with Crippen molar-refractivity contribution >= 4 is 22.6 Å². The number of hydrazone groups is 1. The largest absolute Gasteiger partial charge is 0.277 e. The van der Waals surface area contributed by atoms with E-state index in [1.54, 1.807) is 10.6 Å². The Labute approximate surface area is 140 Å². The van der Waals surface area contributed by atoms with Gasteiger partial charge in [-0.25, -0.2) is 10.4 Å². The molecule has 0 radical (unpaired) electrons. The molecule has 0 saturated carbocycles. The van der Waals surface area contributed by atoms with Gasteiger partial charge in [-0.05, 0) is 31.0 Å². The molecule has 0 spiro atoms. The number of rotatable bonds is 5. The summed E-state index contributed by atoms with van der Waals surface area (Å²) < 4.78 is 1.64. The Morgan fingerprint density at radius 1 is 1.12 bits per heavy atom. The van der Waals surface area contributed by atoms with Crippen molar-refractivity contribution in [1.29, 1.82) is 0 Å². The van der Waals surface area contributed by atoms with E-state index >= 15 is 0 Å². The van der Waals surface area contributed by atoms with Crippen molar-refractivity contribution in [3.8, 4) is 0 Å². The molecule has 1 N–H and O–H groups in total. The highest BCUT2D eigenvalue weighted by atomic mass is 16.1. The van der Waals surface area contributed by atoms with Crippen LogP contribution in [0.4, 0.5) is 5.95 Å². The molecular weight excluding hydrogens is 300 g/mol. The van der Waals surface area contributed by atoms with E-state index in [9.17, 15) is 4.79 Å². The lowest BCUT2D eigenvalue weighted by atomic mass is 10.1. The molecule has 122 valence electrons. The van der Waals surface area contributed by atoms with Crippen molar-refractivity contribution in [1.82, 2.24) is 9.55 Å². The van der Waals surface area contributed by atoms with E-state index in [2.05, 4.69) is 15.5 Å². The maximum absolute atomic E-state index is 12.7. The van der Waals surface area contributed by atoms with Gasteiger partial charge in [0.1, 0.15) is 0 Å². The van der Waals surface area contributed by atoms with E-state index in [0.717, 1.165) is 17.7 Å². The molecule has 0 unspecified atom stereocenters. The van der Waals surface area contributed by atoms with Crippen molar-refractivity contribution in [2.75, 3.05) is 5.43 Å². The maximum Gasteiger partial charge on any atom is 0.262 e. The van der Waals surface area contributed by atoms with Crippen molar-refractivity contribution in [3.63, 3.8) is 0 Å². The summed E-state index contributed by atoms with van der Waals surface area (Å²) in [5.41, 5.74) is 5.45. The average molecular weight is 320 g/mol. The molecule has 0 aliphatic carbocycles. The summed E-state index contributed by atoms with van der Waals surface area (Å²) in [5.74, 6) is 0.468. The van der Waals surface area contributed by atoms with Gasteiger partial charge in [0.15, 0.2) is 0 Å². The van der Waals surface area contributed by atoms with Crippen LogP contribution in [-0.2, 0) is 6.54 Å². The van der Waals surface area contributed by atoms with Crippen LogP contribution in [0.15, 0.2) is 64.5 Å². The number of hydrogen-bond donors (Lipinski definition) is 1. The van der Waals surface area contributed by atoms with Crippen LogP contribution in [0.5, 0.6) is 0 Å². The average Bonchev–Trinajstić information content (AvgIpc) is 2.63. The van der Waals surface area contributed by atoms with Crippen molar-refractivity contribution < 1.29 is 0 Å². The molecule has 0 amide bonds. The fraction of sp³-hybridized carbons (Fsp3) is 0.211. The summed E-state index contributed by atoms with van der Waals surface area (Å²) >= 11 is 0. The first-order valence-corrected chi connectivity index (χ1v) is 8.06. The third-order valence-electron chi connectivity index (χ3n) is 3.82. The Morgan fingerprint density at radius 2 is 1.83 bits per heavy atom. The highest BCUT2D eigenvalue weighted by molar-refractivity contribution is 5.99. The Hall–Kier alpha value is -2.95. The van der Waals surface area contributed by atoms with Crippen molar-refractivity contribution in [2.24, 2.45) is 5.10 Å². The van der Waals surface area contributed by atoms with Crippen LogP contribution in [0.3, 0.4) is 0 Å². The highest BCUT2D eigenvalue weighted by Crippen LogP contribution is 2.12. The van der Waals surface area contributed by atoms with Gasteiger partial charge < -0.3 is 0 Å². The zero-order valence-electron chi connectivity index (χ0n) is 13.9. The second kappa shape index (κ2) is 7.08. The number of fused-ring (bicyclic) bond motifs is 1. The Kier molecular flexibility index (Phi) is 4.70. The summed E-state index contributed by atoms with van der Waals surface area (Å²) in [6.45, 7) is 4.55. The van der Waals surface area contributed by atoms with Gasteiger partial charge in [0.2, 0.25) is 5.95 Å². The first kappa shape index (κ1) is 15.9. The van der Waals surface area contributed by atoms with E-state index in [-0.39, 0.29) is 5.56 Å². The number of para-hydroxylation sites is 1. The zero-order valence-corrected chi connectivity index (χ0v) is 13.9. The molecule has 1 heterocycles. The monoisotopic (exact) mass is 320 g/mol. The lowest BCUT2D eigenvalue weighted by Crippen LogP contribution is -2.24. The van der Waals surface area contributed by atoms with Crippen LogP contribution in [-0.4, -0.2) is 15.3 Å². The topological polar surface area (TPSA) is 59.3 Å². The minimum absolute atomic E-state index is 0.0440. The molecule has 0 bridgehead atoms. The van der Waals surface area contributed by atoms with Gasteiger partial charge in [-0.3, -0.25) is 9.36 Å². The van der Waals surface area contributed by atoms with Crippen LogP contribution in [0.1, 0.15) is 25.8 Å². The third kappa shape index (κ3) is 3.20. The molecule has 0 aliphatic heterocycles. The first-order valence-electron chi connectivity index (χ1n) is 8.06. The van der Waals surface area contributed by atoms with Crippen LogP contribution in [0, 0.1) is 0 Å². The van der Waals surface area contributed by atoms with Crippen molar-refractivity contribution in [2.45, 2.75) is 26.8 Å². The predicted molar refractivity (Wildman–Crippen MR) is 98.6 cm³/mol. The van der Waals surface area contributed by atoms with Gasteiger partial charge in [0.05, 0.1) is 16.6 Å². The molecule has 24 heavy (non-hydrogen) atoms. The molecule has 0 atom stereocenters. The highest BCUT2D eigenvalue weighted by Gasteiger charge is 2.09. The Balaban J connectivity index is 2.02. The number of nitrogens with zero attached hydrogens (tertiary/aromatic N) is 3. The van der Waals surface area contributed by atoms with Gasteiger partial charge in [-0.2, -0.15) is 5.10 Å². The molecule has 0 aliphatic rings. The zero-order chi connectivity index (χ0) is 16.9. The van der Waals surface area contributed by atoms with Crippen LogP contribution in [0.2, 0.25) is 0 Å². The van der Waals surface area contributed by atoms with Gasteiger partial charge in [0, 0.05) is 6.54 Å². The quantitative estimate of drug-likeness (QED) is 0.577. The summed E-state index contributed by atoms with van der Waals surface area (Å²) in [4.78, 5) is 17.3. The first-order chi connectivity index (χ1) is 11.7. The maximum atomic E-state index is 12.7. The number of nitrogens with one attached hydrogen (secondary N) is 1. The van der Waals surface area contributed by atoms with Gasteiger partial charge in [0.25, 0.3) is 5.56 Å². The number of aromatic nitrogens is 2. The summed E-state index contributed by atoms with van der Waals surface area (Å²) in [6, 6.07) is 17.3. The van der Waals surface area contributed by atoms with Crippen LogP contribution < -0.4 is 11.0 Å². The normalized spacial score (nSPS) is 11.7. The lowest BCUT2D eigenvalue weighted by molar-refractivity contribution is 0.654. The van der Waals surface area contributed by atoms with E-state index in [1.165, 1.54) is 0 Å². The number of hydrogen-bond acceptors (Lipinski definition) is 4. The van der Waals surface area contributed by atoms with E-state index in [1.807, 2.05) is 62.4 Å². The molecule has 0 saturated heterocycles. The molecule has 1 aromatic heterocycles. The Bertz CT molecular complexity index is 929. The Morgan fingerprint density at radius 3 is 2.58 bits per heavy atom. The number of anilines is 1. The lowest BCUT2D eigenvalue weighted by Gasteiger charge is -2.12. The van der Waals surface area contributed by atoms with Gasteiger partial charge in [-0.15, -0.1) is 0 Å². The number of benzene rings is 2. The van der Waals surface area contributed by atoms with Crippen LogP contribution >= 0.6 is 0 Å². The van der Waals surface area contributed by atoms with Crippen molar-refractivity contribution in [3.05, 3.63) is 70.5 Å². The van der Waals surface area contributed by atoms with Gasteiger partial charge >= 0.3 is 0 Å². The van der Waals surface area contributed by atoms with Crippen LogP contribution in [0.25, 0.3) is 10.9 Å². The predicted octanol–water partition coefficient (Wildman–Crippen LogP) is 3.64. The summed E-state index contributed by atoms with van der Waals surface area (Å²) in [6.07, 6.45) is 0.843. The fourth-order valence-corrected chi connectivity index (χ4v) is 2.56. The molecule has 3 rings (SSSR count). The second-order valence-electron chi connectivity index (χ2n) is 5.58. The minimum atomic E-state index is -0.0440. The standard InChI is InChI=1S/C19H20N4O/c1-3-13-23-18(24)16-11-7-8-12-17(16)20-19(23)22-21-14(2)15-9-5-4-6-10-15/h4-12H,3,13H2,1-2H3,(H,20,22)/b21-14-. The molecule has 5 nitrogen and oxygen atoms in total. The van der Waals surface area contributed by atoms with E-state index < -0.39 is 0 Å². The molecule has 2 aromatic carbocycles. The SMILES string of the molecule is CCCn1c(N/N=C(/C)c2ccccc2)nc2ccccc2c1=O. The molecule has 5 heteroatoms. The summed E-state index contributed by atoms with van der Waals surface area (Å²) in [7, 11) is 0. The molecule has 3 aromatic rings. The molecular formula is C19H20N4O. The smallest absolute Gasteiger partial charge is 0.262 e. The molecule has 0 fully saturated rings. The minimum Gasteiger partial charge on any atom is -0.277 e. The second-order valence-corrected chi connectivity index (χ2v) is 5.58. The summed E-state index contributed by atoms with van der Waals surface area (Å²) in [5, 5.41) is 5.03. The fourth-order valence-electron chi connectivity index (χ4n) is 2.56.